The van der Waals surface area contributed by atoms with Crippen LogP contribution in [0.1, 0.15) is 25.5 Å². The van der Waals surface area contributed by atoms with E-state index in [2.05, 4.69) is 21.2 Å². The van der Waals surface area contributed by atoms with E-state index in [1.807, 2.05) is 25.1 Å². The van der Waals surface area contributed by atoms with Gasteiger partial charge in [-0.25, -0.2) is 8.42 Å². The predicted molar refractivity (Wildman–Crippen MR) is 79.9 cm³/mol. The van der Waals surface area contributed by atoms with Crippen molar-refractivity contribution in [2.45, 2.75) is 19.9 Å². The molecule has 1 rings (SSSR count). The third kappa shape index (κ3) is 4.88. The van der Waals surface area contributed by atoms with Gasteiger partial charge in [0, 0.05) is 27.8 Å². The van der Waals surface area contributed by atoms with Crippen molar-refractivity contribution in [3.63, 3.8) is 0 Å². The van der Waals surface area contributed by atoms with Crippen LogP contribution in [0, 0.1) is 0 Å². The summed E-state index contributed by atoms with van der Waals surface area (Å²) in [7, 11) is -2.92. The molecule has 6 heteroatoms. The van der Waals surface area contributed by atoms with Gasteiger partial charge in [0.15, 0.2) is 9.84 Å². The summed E-state index contributed by atoms with van der Waals surface area (Å²) in [6, 6.07) is 5.70. The third-order valence-electron chi connectivity index (χ3n) is 2.73. The molecule has 3 nitrogen and oxygen atoms in total. The van der Waals surface area contributed by atoms with Gasteiger partial charge >= 0.3 is 0 Å². The zero-order valence-electron chi connectivity index (χ0n) is 10.4. The molecule has 1 N–H and O–H groups in total. The van der Waals surface area contributed by atoms with Gasteiger partial charge in [0.05, 0.1) is 5.75 Å². The first-order chi connectivity index (χ1) is 8.35. The molecule has 0 amide bonds. The summed E-state index contributed by atoms with van der Waals surface area (Å²) in [6.45, 7) is 4.06. The summed E-state index contributed by atoms with van der Waals surface area (Å²) >= 11 is 9.48. The first-order valence-electron chi connectivity index (χ1n) is 5.74. The van der Waals surface area contributed by atoms with Crippen molar-refractivity contribution in [1.82, 2.24) is 5.32 Å². The molecular formula is C12H17BrClNO2S. The number of hydrogen-bond donors (Lipinski definition) is 1. The molecule has 0 radical (unpaired) electrons. The Morgan fingerprint density at radius 1 is 1.44 bits per heavy atom. The van der Waals surface area contributed by atoms with Crippen LogP contribution in [0.3, 0.4) is 0 Å². The first-order valence-corrected chi connectivity index (χ1v) is 8.73. The average Bonchev–Trinajstić information content (AvgIpc) is 2.28. The van der Waals surface area contributed by atoms with E-state index in [-0.39, 0.29) is 17.5 Å². The van der Waals surface area contributed by atoms with Crippen LogP contribution < -0.4 is 5.32 Å². The van der Waals surface area contributed by atoms with E-state index < -0.39 is 9.84 Å². The second-order valence-corrected chi connectivity index (χ2v) is 7.87. The van der Waals surface area contributed by atoms with Gasteiger partial charge in [-0.2, -0.15) is 0 Å². The largest absolute Gasteiger partial charge is 0.309 e. The Labute approximate surface area is 122 Å². The van der Waals surface area contributed by atoms with Crippen molar-refractivity contribution in [1.29, 1.82) is 0 Å². The molecule has 0 aliphatic heterocycles. The van der Waals surface area contributed by atoms with Crippen molar-refractivity contribution in [2.75, 3.05) is 18.1 Å². The van der Waals surface area contributed by atoms with E-state index in [0.717, 1.165) is 10.0 Å². The lowest BCUT2D eigenvalue weighted by Gasteiger charge is -2.15. The van der Waals surface area contributed by atoms with E-state index in [1.165, 1.54) is 0 Å². The summed E-state index contributed by atoms with van der Waals surface area (Å²) < 4.78 is 23.6. The second-order valence-electron chi connectivity index (χ2n) is 4.08. The molecule has 1 aromatic rings. The minimum absolute atomic E-state index is 0.0256. The number of halogens is 2. The third-order valence-corrected chi connectivity index (χ3v) is 5.26. The lowest BCUT2D eigenvalue weighted by atomic mass is 10.1. The Morgan fingerprint density at radius 2 is 2.11 bits per heavy atom. The molecule has 1 atom stereocenters. The molecule has 0 heterocycles. The van der Waals surface area contributed by atoms with Gasteiger partial charge in [-0.3, -0.25) is 0 Å². The van der Waals surface area contributed by atoms with Crippen LogP contribution in [-0.2, 0) is 9.84 Å². The highest BCUT2D eigenvalue weighted by molar-refractivity contribution is 9.10. The van der Waals surface area contributed by atoms with E-state index >= 15 is 0 Å². The summed E-state index contributed by atoms with van der Waals surface area (Å²) in [5.41, 5.74) is 0.966. The van der Waals surface area contributed by atoms with Crippen molar-refractivity contribution in [3.05, 3.63) is 33.3 Å². The molecule has 1 aromatic carbocycles. The van der Waals surface area contributed by atoms with E-state index in [0.29, 0.717) is 11.6 Å². The van der Waals surface area contributed by atoms with Gasteiger partial charge < -0.3 is 5.32 Å². The maximum atomic E-state index is 11.4. The minimum Gasteiger partial charge on any atom is -0.309 e. The Kier molecular flexibility index (Phi) is 6.11. The monoisotopic (exact) mass is 353 g/mol. The topological polar surface area (TPSA) is 46.2 Å². The second kappa shape index (κ2) is 6.89. The van der Waals surface area contributed by atoms with Gasteiger partial charge in [-0.05, 0) is 24.6 Å². The van der Waals surface area contributed by atoms with Gasteiger partial charge in [0.25, 0.3) is 0 Å². The first kappa shape index (κ1) is 16.0. The number of sulfone groups is 1. The van der Waals surface area contributed by atoms with Crippen molar-refractivity contribution in [2.24, 2.45) is 0 Å². The lowest BCUT2D eigenvalue weighted by molar-refractivity contribution is 0.573. The normalized spacial score (nSPS) is 13.6. The maximum Gasteiger partial charge on any atom is 0.151 e. The molecule has 0 saturated carbocycles. The van der Waals surface area contributed by atoms with Crippen molar-refractivity contribution >= 4 is 37.4 Å². The fraction of sp³-hybridized carbons (Fsp3) is 0.500. The molecular weight excluding hydrogens is 338 g/mol. The molecule has 0 aliphatic carbocycles. The molecule has 0 bridgehead atoms. The molecule has 1 unspecified atom stereocenters. The number of benzene rings is 1. The molecule has 18 heavy (non-hydrogen) atoms. The summed E-state index contributed by atoms with van der Waals surface area (Å²) in [5.74, 6) is 0.337. The van der Waals surface area contributed by atoms with Crippen molar-refractivity contribution in [3.8, 4) is 0 Å². The van der Waals surface area contributed by atoms with Crippen LogP contribution in [0.15, 0.2) is 22.7 Å². The summed E-state index contributed by atoms with van der Waals surface area (Å²) in [4.78, 5) is 0. The Hall–Kier alpha value is -0.100. The molecule has 0 spiro atoms. The fourth-order valence-corrected chi connectivity index (χ4v) is 3.09. The van der Waals surface area contributed by atoms with Crippen LogP contribution in [0.5, 0.6) is 0 Å². The number of rotatable bonds is 6. The molecule has 0 fully saturated rings. The van der Waals surface area contributed by atoms with Gasteiger partial charge in [-0.1, -0.05) is 40.5 Å². The smallest absolute Gasteiger partial charge is 0.151 e. The van der Waals surface area contributed by atoms with Crippen LogP contribution in [0.2, 0.25) is 5.02 Å². The Bertz CT molecular complexity index is 505. The van der Waals surface area contributed by atoms with Crippen LogP contribution >= 0.6 is 27.5 Å². The molecule has 0 aliphatic rings. The van der Waals surface area contributed by atoms with Crippen molar-refractivity contribution < 1.29 is 8.42 Å². The molecule has 0 saturated heterocycles. The van der Waals surface area contributed by atoms with Gasteiger partial charge in [0.2, 0.25) is 0 Å². The minimum atomic E-state index is -2.92. The number of hydrogen-bond acceptors (Lipinski definition) is 3. The SMILES string of the molecule is CCS(=O)(=O)CCNC(C)c1ccc(Br)cc1Cl. The van der Waals surface area contributed by atoms with Crippen LogP contribution in [0.25, 0.3) is 0 Å². The zero-order valence-corrected chi connectivity index (χ0v) is 13.6. The molecule has 0 aromatic heterocycles. The van der Waals surface area contributed by atoms with Gasteiger partial charge in [0.1, 0.15) is 0 Å². The fourth-order valence-electron chi connectivity index (χ4n) is 1.54. The molecule has 102 valence electrons. The maximum absolute atomic E-state index is 11.4. The van der Waals surface area contributed by atoms with Gasteiger partial charge in [-0.15, -0.1) is 0 Å². The highest BCUT2D eigenvalue weighted by atomic mass is 79.9. The average molecular weight is 355 g/mol. The van der Waals surface area contributed by atoms with E-state index in [1.54, 1.807) is 6.92 Å². The Balaban J connectivity index is 2.58. The quantitative estimate of drug-likeness (QED) is 0.853. The lowest BCUT2D eigenvalue weighted by Crippen LogP contribution is -2.26. The van der Waals surface area contributed by atoms with Crippen LogP contribution in [-0.4, -0.2) is 26.5 Å². The summed E-state index contributed by atoms with van der Waals surface area (Å²) in [6.07, 6.45) is 0. The van der Waals surface area contributed by atoms with Crippen LogP contribution in [0.4, 0.5) is 0 Å². The summed E-state index contributed by atoms with van der Waals surface area (Å²) in [5, 5.41) is 3.84. The highest BCUT2D eigenvalue weighted by Gasteiger charge is 2.11. The highest BCUT2D eigenvalue weighted by Crippen LogP contribution is 2.26. The Morgan fingerprint density at radius 3 is 2.67 bits per heavy atom. The predicted octanol–water partition coefficient (Wildman–Crippen LogP) is 3.19. The van der Waals surface area contributed by atoms with E-state index in [9.17, 15) is 8.42 Å². The standard InChI is InChI=1S/C12H17BrClNO2S/c1-3-18(16,17)7-6-15-9(2)11-5-4-10(13)8-12(11)14/h4-5,8-9,15H,3,6-7H2,1-2H3. The zero-order chi connectivity index (χ0) is 13.8. The number of nitrogens with one attached hydrogen (secondary N) is 1. The van der Waals surface area contributed by atoms with E-state index in [4.69, 9.17) is 11.6 Å².